The van der Waals surface area contributed by atoms with Gasteiger partial charge in [0.05, 0.1) is 30.5 Å². The Bertz CT molecular complexity index is 1290. The number of ether oxygens (including phenoxy) is 4. The molecule has 0 aromatic rings. The Morgan fingerprint density at radius 2 is 1.87 bits per heavy atom. The Hall–Kier alpha value is -1.81. The molecule has 1 N–H and O–H groups in total. The molecule has 9 atom stereocenters. The van der Waals surface area contributed by atoms with Crippen molar-refractivity contribution < 1.29 is 33.3 Å². The van der Waals surface area contributed by atoms with E-state index in [0.29, 0.717) is 29.9 Å². The maximum absolute atomic E-state index is 14.2. The predicted molar refractivity (Wildman–Crippen MR) is 179 cm³/mol. The van der Waals surface area contributed by atoms with Crippen molar-refractivity contribution in [3.8, 4) is 0 Å². The zero-order valence-corrected chi connectivity index (χ0v) is 30.0. The molecule has 8 heteroatoms. The van der Waals surface area contributed by atoms with Gasteiger partial charge in [-0.25, -0.2) is 4.79 Å². The van der Waals surface area contributed by atoms with Crippen LogP contribution in [0.2, 0.25) is 18.1 Å². The Balaban J connectivity index is 1.54. The molecular formula is C37H56O7Si. The second-order valence-corrected chi connectivity index (χ2v) is 20.7. The van der Waals surface area contributed by atoms with E-state index in [-0.39, 0.29) is 35.3 Å². The fraction of sp³-hybridized carbons (Fsp3) is 0.703. The van der Waals surface area contributed by atoms with Crippen molar-refractivity contribution in [3.05, 3.63) is 59.3 Å². The molecule has 4 heterocycles. The van der Waals surface area contributed by atoms with Crippen molar-refractivity contribution in [1.29, 1.82) is 0 Å². The molecule has 45 heavy (non-hydrogen) atoms. The fourth-order valence-electron chi connectivity index (χ4n) is 7.18. The van der Waals surface area contributed by atoms with Gasteiger partial charge in [0.15, 0.2) is 14.1 Å². The lowest BCUT2D eigenvalue weighted by Crippen LogP contribution is -2.58. The van der Waals surface area contributed by atoms with Crippen LogP contribution >= 0.6 is 0 Å². The maximum atomic E-state index is 14.2. The Morgan fingerprint density at radius 3 is 2.56 bits per heavy atom. The average Bonchev–Trinajstić information content (AvgIpc) is 3.26. The standard InChI is InChI=1S/C37H56O7Si/c1-23-12-11-13-28-22-40-33-32(44-45(9,10)35(6,7)8)26(4)19-31(37(28,33)39)34(38)41-30-20-29(15-14-24(2)18-23)43-36(21-30)17-16-25(3)27(5)42-36/h11-14,19,23,25,27,29-30,32-33,39H,4,15-18,20-22H2,1-3,5-10H3/b12-11+,24-14+,28-13+/t23-,25-,27+,29+,30-,32+,33+,36-,37+/m0/s1. The summed E-state index contributed by atoms with van der Waals surface area (Å²) in [6.07, 6.45) is 12.4. The summed E-state index contributed by atoms with van der Waals surface area (Å²) < 4.78 is 32.8. The van der Waals surface area contributed by atoms with Crippen LogP contribution in [0.4, 0.5) is 0 Å². The molecule has 7 nitrogen and oxygen atoms in total. The summed E-state index contributed by atoms with van der Waals surface area (Å²) in [6, 6.07) is 0. The molecule has 250 valence electrons. The largest absolute Gasteiger partial charge is 0.459 e. The van der Waals surface area contributed by atoms with Gasteiger partial charge in [-0.15, -0.1) is 0 Å². The van der Waals surface area contributed by atoms with Crippen molar-refractivity contribution >= 4 is 14.3 Å². The number of hydrogen-bond acceptors (Lipinski definition) is 7. The van der Waals surface area contributed by atoms with E-state index in [0.717, 1.165) is 25.7 Å². The van der Waals surface area contributed by atoms with E-state index in [1.165, 1.54) is 5.57 Å². The van der Waals surface area contributed by atoms with Crippen LogP contribution in [-0.4, -0.2) is 67.9 Å². The molecule has 0 aromatic carbocycles. The van der Waals surface area contributed by atoms with Crippen molar-refractivity contribution in [2.24, 2.45) is 11.8 Å². The van der Waals surface area contributed by atoms with Gasteiger partial charge in [0.2, 0.25) is 0 Å². The number of esters is 1. The van der Waals surface area contributed by atoms with E-state index in [1.807, 2.05) is 12.2 Å². The molecule has 1 aliphatic carbocycles. The number of rotatable bonds is 2. The normalized spacial score (nSPS) is 43.0. The first-order valence-electron chi connectivity index (χ1n) is 17.0. The minimum atomic E-state index is -2.29. The lowest BCUT2D eigenvalue weighted by atomic mass is 9.74. The van der Waals surface area contributed by atoms with Gasteiger partial charge in [-0.2, -0.15) is 0 Å². The summed E-state index contributed by atoms with van der Waals surface area (Å²) in [6.45, 7) is 24.0. The number of allylic oxidation sites excluding steroid dienone is 4. The second-order valence-electron chi connectivity index (χ2n) is 15.9. The number of carbonyl (C=O) groups excluding carboxylic acids is 1. The quantitative estimate of drug-likeness (QED) is 0.190. The lowest BCUT2D eigenvalue weighted by molar-refractivity contribution is -0.332. The highest BCUT2D eigenvalue weighted by Gasteiger charge is 2.60. The van der Waals surface area contributed by atoms with Crippen molar-refractivity contribution in [2.75, 3.05) is 6.61 Å². The minimum Gasteiger partial charge on any atom is -0.459 e. The van der Waals surface area contributed by atoms with Crippen LogP contribution < -0.4 is 0 Å². The van der Waals surface area contributed by atoms with Crippen LogP contribution in [0.3, 0.4) is 0 Å². The Kier molecular flexibility index (Phi) is 9.71. The maximum Gasteiger partial charge on any atom is 0.337 e. The number of aliphatic hydroxyl groups is 1. The van der Waals surface area contributed by atoms with Gasteiger partial charge in [0, 0.05) is 19.3 Å². The van der Waals surface area contributed by atoms with Crippen molar-refractivity contribution in [3.63, 3.8) is 0 Å². The highest BCUT2D eigenvalue weighted by Crippen LogP contribution is 2.49. The third kappa shape index (κ3) is 6.93. The molecular weight excluding hydrogens is 584 g/mol. The molecule has 1 spiro atoms. The molecule has 0 aromatic heterocycles. The number of fused-ring (bicyclic) bond motifs is 2. The van der Waals surface area contributed by atoms with E-state index in [4.69, 9.17) is 23.4 Å². The molecule has 4 aliphatic heterocycles. The molecule has 5 rings (SSSR count). The summed E-state index contributed by atoms with van der Waals surface area (Å²) >= 11 is 0. The Morgan fingerprint density at radius 1 is 1.13 bits per heavy atom. The molecule has 0 unspecified atom stereocenters. The van der Waals surface area contributed by atoms with Gasteiger partial charge in [0.25, 0.3) is 0 Å². The molecule has 0 amide bonds. The van der Waals surface area contributed by atoms with Crippen LogP contribution in [0.5, 0.6) is 0 Å². The van der Waals surface area contributed by atoms with Gasteiger partial charge in [-0.05, 0) is 80.3 Å². The Labute approximate surface area is 271 Å². The lowest BCUT2D eigenvalue weighted by Gasteiger charge is -2.49. The number of carbonyl (C=O) groups is 1. The summed E-state index contributed by atoms with van der Waals surface area (Å²) in [5, 5.41) is 12.6. The summed E-state index contributed by atoms with van der Waals surface area (Å²) in [4.78, 5) is 14.2. The monoisotopic (exact) mass is 640 g/mol. The first kappa shape index (κ1) is 34.5. The molecule has 0 radical (unpaired) electrons. The van der Waals surface area contributed by atoms with E-state index in [9.17, 15) is 9.90 Å². The van der Waals surface area contributed by atoms with Crippen LogP contribution in [0.15, 0.2) is 59.3 Å². The highest BCUT2D eigenvalue weighted by atomic mass is 28.4. The first-order valence-corrected chi connectivity index (χ1v) is 19.9. The molecule has 0 saturated carbocycles. The molecule has 3 saturated heterocycles. The second kappa shape index (κ2) is 12.7. The third-order valence-electron chi connectivity index (χ3n) is 11.2. The van der Waals surface area contributed by atoms with Gasteiger partial charge >= 0.3 is 5.97 Å². The predicted octanol–water partition coefficient (Wildman–Crippen LogP) is 7.48. The topological polar surface area (TPSA) is 83.5 Å². The van der Waals surface area contributed by atoms with E-state index < -0.39 is 44.0 Å². The van der Waals surface area contributed by atoms with E-state index in [1.54, 1.807) is 6.08 Å². The average molecular weight is 641 g/mol. The first-order chi connectivity index (χ1) is 20.9. The van der Waals surface area contributed by atoms with Crippen LogP contribution in [0, 0.1) is 11.8 Å². The summed E-state index contributed by atoms with van der Waals surface area (Å²) in [5.41, 5.74) is 0.972. The van der Waals surface area contributed by atoms with Gasteiger partial charge in [-0.3, -0.25) is 0 Å². The van der Waals surface area contributed by atoms with Crippen molar-refractivity contribution in [2.45, 2.75) is 147 Å². The van der Waals surface area contributed by atoms with Gasteiger partial charge in [-0.1, -0.05) is 71.1 Å². The van der Waals surface area contributed by atoms with E-state index in [2.05, 4.69) is 80.3 Å². The SMILES string of the molecule is C=C1C=C2C(=O)O[C@H]3C[C@@H](C/C=C(\C)C[C@@H](C)/C=C/C=C4\CO[C@H]([C@@H]1O[Si](C)(C)C(C)(C)C)[C@]24O)O[C@@]1(CC[C@H](C)[C@@H](C)O1)C3. The van der Waals surface area contributed by atoms with Crippen LogP contribution in [-0.2, 0) is 28.2 Å². The molecule has 3 fully saturated rings. The van der Waals surface area contributed by atoms with Crippen LogP contribution in [0.25, 0.3) is 0 Å². The van der Waals surface area contributed by atoms with Gasteiger partial charge in [0.1, 0.15) is 17.8 Å². The molecule has 5 aliphatic rings. The van der Waals surface area contributed by atoms with Gasteiger partial charge < -0.3 is 28.5 Å². The number of hydrogen-bond donors (Lipinski definition) is 1. The zero-order chi connectivity index (χ0) is 32.9. The zero-order valence-electron chi connectivity index (χ0n) is 29.0. The molecule has 2 bridgehead atoms. The minimum absolute atomic E-state index is 0.0450. The summed E-state index contributed by atoms with van der Waals surface area (Å²) in [7, 11) is -2.29. The third-order valence-corrected chi connectivity index (χ3v) is 15.6. The van der Waals surface area contributed by atoms with E-state index >= 15 is 0 Å². The van der Waals surface area contributed by atoms with Crippen molar-refractivity contribution in [1.82, 2.24) is 0 Å². The smallest absolute Gasteiger partial charge is 0.337 e. The van der Waals surface area contributed by atoms with Crippen LogP contribution in [0.1, 0.15) is 87.0 Å². The fourth-order valence-corrected chi connectivity index (χ4v) is 8.44. The summed E-state index contributed by atoms with van der Waals surface area (Å²) in [5.74, 6) is -0.632. The highest BCUT2D eigenvalue weighted by molar-refractivity contribution is 6.74.